The van der Waals surface area contributed by atoms with E-state index in [4.69, 9.17) is 23.7 Å². The number of benzene rings is 11. The molecule has 3 N–H and O–H groups in total. The number of phenolic OH excluding ortho intramolecular Hbond substituents is 1. The third-order valence-corrected chi connectivity index (χ3v) is 32.1. The Labute approximate surface area is 668 Å². The standard InChI is InChI=1S/C55H54O8Si2.C27H18O4.C14H20O3Si/c1-7-51(56)60-35-13-37-64(3,4)45-31-27-43(28-32-45)62-53(58)39-19-23-41(24-20-39)55(49-17-11-9-15-47(49)48-16-10-12-18-50(48)55)42-25-21-40(22-26-42)54(59)63-44-29-33-46(34-30-44)65(5,6)38-14-36-61-52(57)8-2;28-25(29)17-9-13-19(14-10-17)27(20-15-11-18(12-16-20)26(30)31)23-7-3-1-5-21(23)22-6-2-4-8-24(22)27;1-4-14(16)17-10-5-11-18(2,3)13-8-6-12(15)7-9-13/h7-12,15-34H,1-2,13-14,35-38H2,3-6H3;1-16H,(H,28,29)(H,30,31);4,6-9,15H,1,5,10-11H2,2-3H3. The van der Waals surface area contributed by atoms with Crippen LogP contribution >= 0.6 is 0 Å². The van der Waals surface area contributed by atoms with E-state index in [0.29, 0.717) is 48.2 Å². The normalized spacial score (nSPS) is 12.5. The number of rotatable bonds is 28. The maximum atomic E-state index is 13.6. The highest BCUT2D eigenvalue weighted by Gasteiger charge is 2.48. The molecule has 0 aliphatic heterocycles. The lowest BCUT2D eigenvalue weighted by Crippen LogP contribution is -2.41. The summed E-state index contributed by atoms with van der Waals surface area (Å²) in [6.45, 7) is 25.0. The van der Waals surface area contributed by atoms with E-state index in [9.17, 15) is 48.9 Å². The van der Waals surface area contributed by atoms with Crippen LogP contribution in [-0.2, 0) is 39.4 Å². The molecule has 0 heterocycles. The lowest BCUT2D eigenvalue weighted by Gasteiger charge is -2.34. The second-order valence-corrected chi connectivity index (χ2v) is 44.6. The van der Waals surface area contributed by atoms with Gasteiger partial charge < -0.3 is 39.0 Å². The summed E-state index contributed by atoms with van der Waals surface area (Å²) in [4.78, 5) is 83.7. The van der Waals surface area contributed by atoms with Gasteiger partial charge >= 0.3 is 41.8 Å². The van der Waals surface area contributed by atoms with Crippen LogP contribution in [-0.4, -0.2) is 101 Å². The van der Waals surface area contributed by atoms with Crippen LogP contribution in [0.1, 0.15) is 105 Å². The van der Waals surface area contributed by atoms with E-state index < -0.39 is 70.9 Å². The molecule has 114 heavy (non-hydrogen) atoms. The van der Waals surface area contributed by atoms with E-state index in [1.807, 2.05) is 182 Å². The van der Waals surface area contributed by atoms with Gasteiger partial charge in [-0.05, 0) is 171 Å². The van der Waals surface area contributed by atoms with Crippen LogP contribution in [0.15, 0.2) is 305 Å². The van der Waals surface area contributed by atoms with Crippen molar-refractivity contribution >= 4 is 81.6 Å². The molecule has 0 spiro atoms. The molecule has 0 saturated carbocycles. The molecule has 18 heteroatoms. The Morgan fingerprint density at radius 1 is 0.325 bits per heavy atom. The molecule has 0 saturated heterocycles. The number of fused-ring (bicyclic) bond motifs is 6. The molecule has 0 unspecified atom stereocenters. The molecule has 578 valence electrons. The van der Waals surface area contributed by atoms with Gasteiger partial charge in [-0.3, -0.25) is 0 Å². The second kappa shape index (κ2) is 36.2. The Kier molecular flexibility index (Phi) is 26.2. The average molecular weight is 1570 g/mol. The van der Waals surface area contributed by atoms with Gasteiger partial charge in [0.2, 0.25) is 0 Å². The van der Waals surface area contributed by atoms with Crippen molar-refractivity contribution in [1.29, 1.82) is 0 Å². The van der Waals surface area contributed by atoms with Crippen LogP contribution in [0.2, 0.25) is 57.4 Å². The maximum Gasteiger partial charge on any atom is 0.343 e. The largest absolute Gasteiger partial charge is 0.508 e. The van der Waals surface area contributed by atoms with E-state index in [-0.39, 0.29) is 17.1 Å². The summed E-state index contributed by atoms with van der Waals surface area (Å²) in [7, 11) is -5.16. The molecule has 2 aliphatic rings. The number of aromatic hydroxyl groups is 1. The molecule has 0 atom stereocenters. The quantitative estimate of drug-likeness (QED) is 0.0103. The molecule has 11 aromatic carbocycles. The molecule has 2 aliphatic carbocycles. The van der Waals surface area contributed by atoms with Crippen LogP contribution in [0.4, 0.5) is 0 Å². The smallest absolute Gasteiger partial charge is 0.343 e. The number of carbonyl (C=O) groups excluding carboxylic acids is 5. The summed E-state index contributed by atoms with van der Waals surface area (Å²) >= 11 is 0. The molecule has 11 aromatic rings. The predicted molar refractivity (Wildman–Crippen MR) is 455 cm³/mol. The first-order valence-electron chi connectivity index (χ1n) is 37.9. The number of hydrogen-bond donors (Lipinski definition) is 3. The van der Waals surface area contributed by atoms with Crippen molar-refractivity contribution in [2.45, 2.75) is 87.5 Å². The molecule has 15 nitrogen and oxygen atoms in total. The van der Waals surface area contributed by atoms with Gasteiger partial charge in [-0.25, -0.2) is 33.6 Å². The fourth-order valence-corrected chi connectivity index (χ4v) is 22.5. The predicted octanol–water partition coefficient (Wildman–Crippen LogP) is 18.4. The molecule has 0 bridgehead atoms. The second-order valence-electron chi connectivity index (χ2n) is 30.1. The van der Waals surface area contributed by atoms with E-state index >= 15 is 0 Å². The first kappa shape index (κ1) is 82.3. The zero-order chi connectivity index (χ0) is 81.4. The van der Waals surface area contributed by atoms with Crippen molar-refractivity contribution < 1.29 is 72.6 Å². The third-order valence-electron chi connectivity index (χ3n) is 21.6. The summed E-state index contributed by atoms with van der Waals surface area (Å²) < 4.78 is 27.0. The zero-order valence-corrected chi connectivity index (χ0v) is 67.9. The molecule has 0 aromatic heterocycles. The Hall–Kier alpha value is -12.6. The number of aromatic carboxylic acids is 2. The first-order chi connectivity index (χ1) is 54.7. The molecular weight excluding hydrogens is 1480 g/mol. The number of ether oxygens (including phenoxy) is 5. The summed E-state index contributed by atoms with van der Waals surface area (Å²) in [6, 6.07) is 88.0. The fourth-order valence-electron chi connectivity index (χ4n) is 15.3. The lowest BCUT2D eigenvalue weighted by atomic mass is 9.67. The van der Waals surface area contributed by atoms with Crippen LogP contribution in [0.25, 0.3) is 22.3 Å². The molecular formula is C96H92O15Si3. The molecule has 0 amide bonds. The number of hydrogen-bond acceptors (Lipinski definition) is 13. The first-order valence-corrected chi connectivity index (χ1v) is 47.5. The van der Waals surface area contributed by atoms with Gasteiger partial charge in [0.15, 0.2) is 0 Å². The van der Waals surface area contributed by atoms with Crippen LogP contribution in [0, 0.1) is 0 Å². The van der Waals surface area contributed by atoms with Gasteiger partial charge in [0, 0.05) is 18.2 Å². The molecule has 13 rings (SSSR count). The number of esters is 5. The average Bonchev–Trinajstić information content (AvgIpc) is 1.55. The van der Waals surface area contributed by atoms with E-state index in [1.54, 1.807) is 36.4 Å². The Balaban J connectivity index is 0.000000213. The van der Waals surface area contributed by atoms with Crippen LogP contribution in [0.5, 0.6) is 17.2 Å². The number of carboxylic acid groups (broad SMARTS) is 2. The number of carbonyl (C=O) groups is 7. The van der Waals surface area contributed by atoms with Crippen molar-refractivity contribution in [2.24, 2.45) is 0 Å². The summed E-state index contributed by atoms with van der Waals surface area (Å²) in [5.41, 5.74) is 12.5. The van der Waals surface area contributed by atoms with E-state index in [0.717, 1.165) is 104 Å². The maximum absolute atomic E-state index is 13.6. The van der Waals surface area contributed by atoms with E-state index in [2.05, 4.69) is 108 Å². The van der Waals surface area contributed by atoms with Gasteiger partial charge in [-0.1, -0.05) is 275 Å². The topological polar surface area (TPSA) is 226 Å². The highest BCUT2D eigenvalue weighted by atomic mass is 28.3. The minimum absolute atomic E-state index is 0.222. The van der Waals surface area contributed by atoms with Crippen molar-refractivity contribution in [3.63, 3.8) is 0 Å². The highest BCUT2D eigenvalue weighted by Crippen LogP contribution is 2.58. The van der Waals surface area contributed by atoms with Gasteiger partial charge in [0.1, 0.15) is 17.2 Å². The SMILES string of the molecule is C=CC(=O)OCCC[Si](C)(C)c1ccc(O)cc1.C=CC(=O)OCCC[Si](C)(C)c1ccc(OC(=O)c2ccc(C3(c4ccc(C(=O)Oc5ccc([Si](C)(C)CCCOC(=O)C=C)cc5)cc4)c4ccccc4-c4ccccc43)cc2)cc1.O=C(O)c1ccc(C2(c3ccc(C(=O)O)cc3)c3ccccc3-c3ccccc32)cc1. The lowest BCUT2D eigenvalue weighted by molar-refractivity contribution is -0.138. The van der Waals surface area contributed by atoms with Gasteiger partial charge in [0.05, 0.1) is 77.1 Å². The highest BCUT2D eigenvalue weighted by molar-refractivity contribution is 6.90. The minimum Gasteiger partial charge on any atom is -0.508 e. The minimum atomic E-state index is -1.82. The Morgan fingerprint density at radius 2 is 0.561 bits per heavy atom. The van der Waals surface area contributed by atoms with Crippen molar-refractivity contribution in [2.75, 3.05) is 19.8 Å². The zero-order valence-electron chi connectivity index (χ0n) is 64.9. The summed E-state index contributed by atoms with van der Waals surface area (Å²) in [5, 5.41) is 31.7. The molecule has 0 fully saturated rings. The van der Waals surface area contributed by atoms with Crippen LogP contribution in [0.3, 0.4) is 0 Å². The molecule has 0 radical (unpaired) electrons. The third kappa shape index (κ3) is 18.3. The number of carboxylic acids is 2. The van der Waals surface area contributed by atoms with E-state index in [1.165, 1.54) is 33.8 Å². The summed E-state index contributed by atoms with van der Waals surface area (Å²) in [6.07, 6.45) is 5.93. The van der Waals surface area contributed by atoms with Gasteiger partial charge in [-0.15, -0.1) is 0 Å². The van der Waals surface area contributed by atoms with Gasteiger partial charge in [0.25, 0.3) is 0 Å². The van der Waals surface area contributed by atoms with Crippen LogP contribution < -0.4 is 25.0 Å². The fraction of sp³-hybridized carbons (Fsp3) is 0.177. The van der Waals surface area contributed by atoms with Crippen molar-refractivity contribution in [3.05, 3.63) is 372 Å². The van der Waals surface area contributed by atoms with Crippen molar-refractivity contribution in [1.82, 2.24) is 0 Å². The van der Waals surface area contributed by atoms with Gasteiger partial charge in [-0.2, -0.15) is 0 Å². The summed E-state index contributed by atoms with van der Waals surface area (Å²) in [5.74, 6) is -2.84. The number of phenols is 1. The Bertz CT molecular complexity index is 5050. The monoisotopic (exact) mass is 1570 g/mol. The Morgan fingerprint density at radius 3 is 0.807 bits per heavy atom. The van der Waals surface area contributed by atoms with Crippen molar-refractivity contribution in [3.8, 4) is 39.5 Å².